The van der Waals surface area contributed by atoms with Crippen LogP contribution in [0.2, 0.25) is 0 Å². The largest absolute Gasteiger partial charge is 0.438 e. The van der Waals surface area contributed by atoms with Gasteiger partial charge in [-0.05, 0) is 12.1 Å². The van der Waals surface area contributed by atoms with Crippen molar-refractivity contribution in [2.24, 2.45) is 5.14 Å². The Kier molecular flexibility index (Phi) is 2.39. The van der Waals surface area contributed by atoms with E-state index < -0.39 is 21.0 Å². The van der Waals surface area contributed by atoms with E-state index in [-0.39, 0.29) is 5.76 Å². The molecule has 0 aromatic carbocycles. The Morgan fingerprint density at radius 3 is 2.54 bits per heavy atom. The van der Waals surface area contributed by atoms with Gasteiger partial charge >= 0.3 is 0 Å². The van der Waals surface area contributed by atoms with Gasteiger partial charge in [0.25, 0.3) is 15.9 Å². The Balaban J connectivity index is 3.07. The van der Waals surface area contributed by atoms with Crippen molar-refractivity contribution in [1.29, 1.82) is 0 Å². The van der Waals surface area contributed by atoms with Crippen LogP contribution >= 0.6 is 0 Å². The predicted molar refractivity (Wildman–Crippen MR) is 43.5 cm³/mol. The molecular weight excluding hydrogens is 196 g/mol. The average molecular weight is 204 g/mol. The van der Waals surface area contributed by atoms with Gasteiger partial charge in [0.1, 0.15) is 0 Å². The maximum absolute atomic E-state index is 10.9. The van der Waals surface area contributed by atoms with E-state index in [2.05, 4.69) is 9.73 Å². The zero-order valence-corrected chi connectivity index (χ0v) is 7.59. The summed E-state index contributed by atoms with van der Waals surface area (Å²) in [6.45, 7) is 0. The molecule has 13 heavy (non-hydrogen) atoms. The van der Waals surface area contributed by atoms with Crippen molar-refractivity contribution in [2.75, 3.05) is 7.05 Å². The summed E-state index contributed by atoms with van der Waals surface area (Å²) in [7, 11) is -2.47. The van der Waals surface area contributed by atoms with Crippen LogP contribution in [0.3, 0.4) is 0 Å². The first-order valence-corrected chi connectivity index (χ1v) is 4.84. The van der Waals surface area contributed by atoms with Gasteiger partial charge in [0.2, 0.25) is 5.09 Å². The number of nitrogens with one attached hydrogen (secondary N) is 1. The van der Waals surface area contributed by atoms with Gasteiger partial charge in [-0.3, -0.25) is 4.79 Å². The van der Waals surface area contributed by atoms with Crippen LogP contribution in [0.1, 0.15) is 10.6 Å². The van der Waals surface area contributed by atoms with Gasteiger partial charge in [-0.25, -0.2) is 13.6 Å². The van der Waals surface area contributed by atoms with Gasteiger partial charge in [-0.1, -0.05) is 0 Å². The number of nitrogens with two attached hydrogens (primary N) is 1. The monoisotopic (exact) mass is 204 g/mol. The van der Waals surface area contributed by atoms with Crippen molar-refractivity contribution in [2.45, 2.75) is 5.09 Å². The van der Waals surface area contributed by atoms with Gasteiger partial charge in [-0.15, -0.1) is 0 Å². The second-order valence-corrected chi connectivity index (χ2v) is 3.74. The highest BCUT2D eigenvalue weighted by molar-refractivity contribution is 7.89. The van der Waals surface area contributed by atoms with Gasteiger partial charge < -0.3 is 9.73 Å². The molecule has 0 unspecified atom stereocenters. The Bertz CT molecular complexity index is 420. The van der Waals surface area contributed by atoms with Gasteiger partial charge in [0.15, 0.2) is 5.76 Å². The van der Waals surface area contributed by atoms with Crippen molar-refractivity contribution in [3.63, 3.8) is 0 Å². The quantitative estimate of drug-likeness (QED) is 0.664. The molecule has 0 atom stereocenters. The Morgan fingerprint density at radius 2 is 2.15 bits per heavy atom. The average Bonchev–Trinajstić information content (AvgIpc) is 2.50. The molecule has 6 nitrogen and oxygen atoms in total. The number of furan rings is 1. The van der Waals surface area contributed by atoms with Crippen LogP contribution in [0.5, 0.6) is 0 Å². The number of carbonyl (C=O) groups excluding carboxylic acids is 1. The van der Waals surface area contributed by atoms with Gasteiger partial charge in [0.05, 0.1) is 0 Å². The van der Waals surface area contributed by atoms with E-state index in [1.165, 1.54) is 13.1 Å². The van der Waals surface area contributed by atoms with Crippen LogP contribution in [-0.4, -0.2) is 21.4 Å². The number of hydrogen-bond donors (Lipinski definition) is 2. The first kappa shape index (κ1) is 9.75. The summed E-state index contributed by atoms with van der Waals surface area (Å²) in [6, 6.07) is 2.36. The molecule has 0 aliphatic heterocycles. The minimum atomic E-state index is -3.87. The maximum Gasteiger partial charge on any atom is 0.286 e. The van der Waals surface area contributed by atoms with Crippen molar-refractivity contribution < 1.29 is 17.6 Å². The van der Waals surface area contributed by atoms with Crippen LogP contribution in [-0.2, 0) is 10.0 Å². The van der Waals surface area contributed by atoms with E-state index in [1.54, 1.807) is 0 Å². The highest BCUT2D eigenvalue weighted by atomic mass is 32.2. The van der Waals surface area contributed by atoms with Crippen LogP contribution in [0, 0.1) is 0 Å². The lowest BCUT2D eigenvalue weighted by molar-refractivity contribution is 0.0930. The Labute approximate surface area is 74.8 Å². The molecule has 0 bridgehead atoms. The summed E-state index contributed by atoms with van der Waals surface area (Å²) in [5.74, 6) is -0.596. The highest BCUT2D eigenvalue weighted by Crippen LogP contribution is 2.11. The van der Waals surface area contributed by atoms with E-state index >= 15 is 0 Å². The second-order valence-electron chi connectivity index (χ2n) is 2.24. The van der Waals surface area contributed by atoms with E-state index in [0.717, 1.165) is 6.07 Å². The molecule has 1 amide bonds. The minimum Gasteiger partial charge on any atom is -0.438 e. The lowest BCUT2D eigenvalue weighted by Gasteiger charge is -1.93. The molecule has 0 fully saturated rings. The molecule has 1 aromatic heterocycles. The fraction of sp³-hybridized carbons (Fsp3) is 0.167. The van der Waals surface area contributed by atoms with Crippen molar-refractivity contribution in [3.8, 4) is 0 Å². The molecule has 0 saturated heterocycles. The number of rotatable bonds is 2. The third-order valence-corrected chi connectivity index (χ3v) is 2.09. The summed E-state index contributed by atoms with van der Waals surface area (Å²) < 4.78 is 26.1. The topological polar surface area (TPSA) is 102 Å². The van der Waals surface area contributed by atoms with Crippen molar-refractivity contribution >= 4 is 15.9 Å². The highest BCUT2D eigenvalue weighted by Gasteiger charge is 2.16. The third kappa shape index (κ3) is 2.07. The molecule has 1 heterocycles. The zero-order chi connectivity index (χ0) is 10.1. The predicted octanol–water partition coefficient (Wildman–Crippen LogP) is -0.713. The van der Waals surface area contributed by atoms with Gasteiger partial charge in [-0.2, -0.15) is 0 Å². The molecule has 1 aromatic rings. The molecule has 0 saturated carbocycles. The summed E-state index contributed by atoms with van der Waals surface area (Å²) in [4.78, 5) is 10.9. The molecule has 72 valence electrons. The first-order valence-electron chi connectivity index (χ1n) is 3.30. The molecule has 3 N–H and O–H groups in total. The summed E-state index contributed by atoms with van der Waals surface area (Å²) in [5.41, 5.74) is 0. The molecular formula is C6H8N2O4S. The number of amides is 1. The maximum atomic E-state index is 10.9. The SMILES string of the molecule is CNC(=O)c1ccc(S(N)(=O)=O)o1. The van der Waals surface area contributed by atoms with Crippen LogP contribution < -0.4 is 10.5 Å². The molecule has 0 aliphatic rings. The number of sulfonamides is 1. The standard InChI is InChI=1S/C6H8N2O4S/c1-8-6(9)4-2-3-5(12-4)13(7,10)11/h2-3H,1H3,(H,8,9)(H2,7,10,11). The van der Waals surface area contributed by atoms with Crippen molar-refractivity contribution in [3.05, 3.63) is 17.9 Å². The Hall–Kier alpha value is -1.34. The fourth-order valence-corrected chi connectivity index (χ4v) is 1.18. The van der Waals surface area contributed by atoms with E-state index in [0.29, 0.717) is 0 Å². The van der Waals surface area contributed by atoms with E-state index in [9.17, 15) is 13.2 Å². The van der Waals surface area contributed by atoms with Crippen molar-refractivity contribution in [1.82, 2.24) is 5.32 Å². The summed E-state index contributed by atoms with van der Waals surface area (Å²) in [6.07, 6.45) is 0. The van der Waals surface area contributed by atoms with Crippen LogP contribution in [0.25, 0.3) is 0 Å². The third-order valence-electron chi connectivity index (χ3n) is 1.31. The molecule has 7 heteroatoms. The van der Waals surface area contributed by atoms with E-state index in [1.807, 2.05) is 0 Å². The number of hydrogen-bond acceptors (Lipinski definition) is 4. The number of primary sulfonamides is 1. The minimum absolute atomic E-state index is 0.0912. The fourth-order valence-electron chi connectivity index (χ4n) is 0.718. The Morgan fingerprint density at radius 1 is 1.54 bits per heavy atom. The summed E-state index contributed by atoms with van der Waals surface area (Å²) >= 11 is 0. The zero-order valence-electron chi connectivity index (χ0n) is 6.77. The molecule has 0 spiro atoms. The molecule has 0 radical (unpaired) electrons. The van der Waals surface area contributed by atoms with E-state index in [4.69, 9.17) is 5.14 Å². The number of carbonyl (C=O) groups is 1. The first-order chi connectivity index (χ1) is 5.95. The molecule has 1 rings (SSSR count). The normalized spacial score (nSPS) is 11.2. The lowest BCUT2D eigenvalue weighted by Crippen LogP contribution is -2.17. The lowest BCUT2D eigenvalue weighted by atomic mass is 10.4. The van der Waals surface area contributed by atoms with Gasteiger partial charge in [0, 0.05) is 7.05 Å². The molecule has 0 aliphatic carbocycles. The van der Waals surface area contributed by atoms with Crippen LogP contribution in [0.15, 0.2) is 21.6 Å². The smallest absolute Gasteiger partial charge is 0.286 e. The summed E-state index contributed by atoms with van der Waals surface area (Å²) in [5, 5.41) is 6.61. The second kappa shape index (κ2) is 3.19. The van der Waals surface area contributed by atoms with Crippen LogP contribution in [0.4, 0.5) is 0 Å².